The molecule has 16 nitrogen and oxygen atoms in total. The maximum Gasteiger partial charge on any atom is 0.353 e. The quantitative estimate of drug-likeness (QED) is 0.0636. The molecule has 40 heavy (non-hydrogen) atoms. The Hall–Kier alpha value is -4.64. The normalized spacial score (nSPS) is 16.7. The van der Waals surface area contributed by atoms with Gasteiger partial charge in [-0.2, -0.15) is 0 Å². The highest BCUT2D eigenvalue weighted by molar-refractivity contribution is 7.14. The van der Waals surface area contributed by atoms with Crippen molar-refractivity contribution in [3.8, 4) is 0 Å². The van der Waals surface area contributed by atoms with Crippen molar-refractivity contribution < 1.29 is 38.5 Å². The Balaban J connectivity index is 1.77. The molecule has 0 spiro atoms. The third-order valence-corrected chi connectivity index (χ3v) is 6.21. The second-order valence-corrected chi connectivity index (χ2v) is 9.73. The number of thiazole rings is 1. The van der Waals surface area contributed by atoms with Gasteiger partial charge in [0.25, 0.3) is 11.6 Å². The summed E-state index contributed by atoms with van der Waals surface area (Å²) in [6, 6.07) is 2.89. The molecule has 1 aliphatic heterocycles. The van der Waals surface area contributed by atoms with Gasteiger partial charge >= 0.3 is 5.97 Å². The van der Waals surface area contributed by atoms with E-state index in [1.54, 1.807) is 0 Å². The lowest BCUT2D eigenvalue weighted by atomic mass is 9.98. The van der Waals surface area contributed by atoms with Gasteiger partial charge in [0.15, 0.2) is 10.8 Å². The van der Waals surface area contributed by atoms with Crippen LogP contribution in [0.1, 0.15) is 25.1 Å². The lowest BCUT2D eigenvalue weighted by molar-refractivity contribution is -0.384. The van der Waals surface area contributed by atoms with Crippen LogP contribution in [0, 0.1) is 10.1 Å². The molecule has 2 aromatic rings. The molecule has 0 bridgehead atoms. The number of benzene rings is 1. The molecule has 0 saturated carbocycles. The van der Waals surface area contributed by atoms with Crippen molar-refractivity contribution in [1.82, 2.24) is 15.6 Å². The number of ether oxygens (including phenoxy) is 1. The number of oxime groups is 1. The summed E-state index contributed by atoms with van der Waals surface area (Å²) >= 11 is 6.41. The molecule has 2 heterocycles. The molecule has 1 aromatic heterocycles. The maximum absolute atomic E-state index is 13.1. The first-order chi connectivity index (χ1) is 18.8. The van der Waals surface area contributed by atoms with E-state index in [4.69, 9.17) is 26.9 Å². The van der Waals surface area contributed by atoms with Crippen LogP contribution in [-0.4, -0.2) is 68.8 Å². The van der Waals surface area contributed by atoms with Gasteiger partial charge in [-0.1, -0.05) is 5.16 Å². The number of hydrogen-bond donors (Lipinski definition) is 4. The molecule has 0 radical (unpaired) electrons. The van der Waals surface area contributed by atoms with Crippen LogP contribution in [0.4, 0.5) is 10.8 Å². The minimum Gasteiger partial charge on any atom is -0.458 e. The third-order valence-electron chi connectivity index (χ3n) is 5.21. The molecule has 3 rings (SSSR count). The molecular formula is C22H22ClN7O9S. The van der Waals surface area contributed by atoms with Crippen LogP contribution in [0.25, 0.3) is 0 Å². The Morgan fingerprint density at radius 1 is 1.27 bits per heavy atom. The van der Waals surface area contributed by atoms with E-state index >= 15 is 0 Å². The van der Waals surface area contributed by atoms with Gasteiger partial charge in [0.1, 0.15) is 30.3 Å². The first-order valence-corrected chi connectivity index (χ1v) is 12.6. The lowest BCUT2D eigenvalue weighted by Gasteiger charge is -2.34. The van der Waals surface area contributed by atoms with Gasteiger partial charge in [-0.3, -0.25) is 29.3 Å². The molecule has 1 aromatic carbocycles. The summed E-state index contributed by atoms with van der Waals surface area (Å²) in [6.07, 6.45) is 0. The van der Waals surface area contributed by atoms with Crippen LogP contribution in [0.2, 0.25) is 0 Å². The van der Waals surface area contributed by atoms with E-state index in [0.29, 0.717) is 5.56 Å². The fourth-order valence-corrected chi connectivity index (χ4v) is 3.78. The molecule has 0 aliphatic carbocycles. The van der Waals surface area contributed by atoms with Gasteiger partial charge in [0.05, 0.1) is 4.92 Å². The van der Waals surface area contributed by atoms with Crippen molar-refractivity contribution in [2.45, 2.75) is 38.1 Å². The summed E-state index contributed by atoms with van der Waals surface area (Å²) in [5, 5.41) is 22.9. The predicted octanol–water partition coefficient (Wildman–Crippen LogP) is -0.0602. The largest absolute Gasteiger partial charge is 0.458 e. The van der Waals surface area contributed by atoms with E-state index in [0.717, 1.165) is 11.3 Å². The van der Waals surface area contributed by atoms with Crippen LogP contribution >= 0.6 is 22.9 Å². The fourth-order valence-electron chi connectivity index (χ4n) is 3.01. The van der Waals surface area contributed by atoms with Crippen molar-refractivity contribution in [3.63, 3.8) is 0 Å². The monoisotopic (exact) mass is 595 g/mol. The number of primary amides is 1. The van der Waals surface area contributed by atoms with Gasteiger partial charge in [0.2, 0.25) is 23.3 Å². The zero-order valence-corrected chi connectivity index (χ0v) is 22.4. The van der Waals surface area contributed by atoms with Crippen molar-refractivity contribution in [2.24, 2.45) is 10.9 Å². The summed E-state index contributed by atoms with van der Waals surface area (Å²) in [5.41, 5.74) is 3.20. The zero-order chi connectivity index (χ0) is 29.6. The van der Waals surface area contributed by atoms with Gasteiger partial charge in [-0.05, 0) is 31.5 Å². The smallest absolute Gasteiger partial charge is 0.353 e. The van der Waals surface area contributed by atoms with E-state index in [1.807, 2.05) is 0 Å². The number of nitrogens with one attached hydrogen (secondary N) is 3. The van der Waals surface area contributed by atoms with Gasteiger partial charge < -0.3 is 31.3 Å². The van der Waals surface area contributed by atoms with Gasteiger partial charge in [0, 0.05) is 17.5 Å². The Morgan fingerprint density at radius 3 is 2.52 bits per heavy atom. The molecular weight excluding hydrogens is 574 g/mol. The third kappa shape index (κ3) is 7.26. The molecule has 1 saturated heterocycles. The number of non-ortho nitro benzene ring substituents is 1. The van der Waals surface area contributed by atoms with Gasteiger partial charge in [-0.15, -0.1) is 22.9 Å². The van der Waals surface area contributed by atoms with Crippen molar-refractivity contribution in [1.29, 1.82) is 0 Å². The number of β-lactam (4-membered cyclic amide) rings is 1. The van der Waals surface area contributed by atoms with Crippen molar-refractivity contribution in [3.05, 3.63) is 51.0 Å². The maximum atomic E-state index is 13.1. The number of carbonyl (C=O) groups excluding carboxylic acids is 5. The number of nitrogens with zero attached hydrogens (tertiary/aromatic N) is 3. The average Bonchev–Trinajstić information content (AvgIpc) is 3.36. The number of rotatable bonds is 12. The van der Waals surface area contributed by atoms with Crippen LogP contribution in [-0.2, 0) is 40.2 Å². The number of anilines is 1. The number of esters is 1. The Kier molecular flexibility index (Phi) is 9.33. The van der Waals surface area contributed by atoms with Gasteiger partial charge in [-0.25, -0.2) is 9.78 Å². The van der Waals surface area contributed by atoms with E-state index in [9.17, 15) is 34.1 Å². The SMILES string of the molecule is CC(C)(ON=C(C(=O)NC1C(=O)NC1C(N)=O)c1csc(NC(=O)CCl)n1)C(=O)OCc1ccc([N+](=O)[O-])cc1. The number of alkyl halides is 1. The van der Waals surface area contributed by atoms with Crippen LogP contribution in [0.3, 0.4) is 0 Å². The average molecular weight is 596 g/mol. The molecule has 1 aliphatic rings. The number of nitro groups is 1. The minimum atomic E-state index is -1.75. The first-order valence-electron chi connectivity index (χ1n) is 11.2. The van der Waals surface area contributed by atoms with E-state index in [1.165, 1.54) is 43.5 Å². The van der Waals surface area contributed by atoms with Crippen LogP contribution < -0.4 is 21.7 Å². The van der Waals surface area contributed by atoms with Crippen LogP contribution in [0.5, 0.6) is 0 Å². The minimum absolute atomic E-state index is 0.0688. The highest BCUT2D eigenvalue weighted by Crippen LogP contribution is 2.20. The Labute approximate surface area is 234 Å². The standard InChI is InChI=1S/C22H22ClN7O9S/c1-22(2,20(35)38-8-10-3-5-11(6-4-10)30(36)37)39-29-14(12-9-40-21(25-12)26-13(31)7-23)18(33)28-16-15(17(24)32)27-19(16)34/h3-6,9,15-16H,7-8H2,1-2H3,(H2,24,32)(H,27,34)(H,28,33)(H,25,26,31). The second kappa shape index (κ2) is 12.5. The van der Waals surface area contributed by atoms with Crippen LogP contribution in [0.15, 0.2) is 34.8 Å². The highest BCUT2D eigenvalue weighted by atomic mass is 35.5. The molecule has 212 valence electrons. The number of hydrogen-bond acceptors (Lipinski definition) is 12. The number of nitrogens with two attached hydrogens (primary N) is 1. The molecule has 1 fully saturated rings. The molecule has 2 unspecified atom stereocenters. The lowest BCUT2D eigenvalue weighted by Crippen LogP contribution is -2.73. The number of amides is 4. The second-order valence-electron chi connectivity index (χ2n) is 8.60. The summed E-state index contributed by atoms with van der Waals surface area (Å²) in [6.45, 7) is 2.38. The molecule has 4 amide bonds. The molecule has 5 N–H and O–H groups in total. The summed E-state index contributed by atoms with van der Waals surface area (Å²) < 4.78 is 5.22. The Bertz CT molecular complexity index is 1380. The zero-order valence-electron chi connectivity index (χ0n) is 20.8. The summed E-state index contributed by atoms with van der Waals surface area (Å²) in [5.74, 6) is -4.34. The number of nitro benzene ring substituents is 1. The first kappa shape index (κ1) is 29.9. The molecule has 2 atom stereocenters. The van der Waals surface area contributed by atoms with E-state index in [-0.39, 0.29) is 29.0 Å². The Morgan fingerprint density at radius 2 is 1.95 bits per heavy atom. The molecule has 18 heteroatoms. The van der Waals surface area contributed by atoms with Crippen molar-refractivity contribution in [2.75, 3.05) is 11.2 Å². The fraction of sp³-hybridized carbons (Fsp3) is 0.318. The number of aromatic nitrogens is 1. The highest BCUT2D eigenvalue weighted by Gasteiger charge is 2.45. The summed E-state index contributed by atoms with van der Waals surface area (Å²) in [4.78, 5) is 80.3. The predicted molar refractivity (Wildman–Crippen MR) is 139 cm³/mol. The number of halogens is 1. The van der Waals surface area contributed by atoms with Crippen molar-refractivity contribution >= 4 is 69.1 Å². The van der Waals surface area contributed by atoms with E-state index in [2.05, 4.69) is 26.1 Å². The van der Waals surface area contributed by atoms with E-state index < -0.39 is 57.9 Å². The topological polar surface area (TPSA) is 234 Å². The number of carbonyl (C=O) groups is 5. The summed E-state index contributed by atoms with van der Waals surface area (Å²) in [7, 11) is 0.